The van der Waals surface area contributed by atoms with Crippen LogP contribution >= 0.6 is 0 Å². The molecule has 0 bridgehead atoms. The Balaban J connectivity index is 1.30. The van der Waals surface area contributed by atoms with Gasteiger partial charge in [-0.3, -0.25) is 9.89 Å². The minimum absolute atomic E-state index is 0.124. The maximum Gasteiger partial charge on any atom is 0.272 e. The number of aryl methyl sites for hydroxylation is 1. The molecule has 2 heterocycles. The Morgan fingerprint density at radius 3 is 2.59 bits per heavy atom. The van der Waals surface area contributed by atoms with Gasteiger partial charge in [-0.25, -0.2) is 0 Å². The van der Waals surface area contributed by atoms with Gasteiger partial charge in [-0.15, -0.1) is 0 Å². The molecule has 6 heteroatoms. The van der Waals surface area contributed by atoms with Gasteiger partial charge in [0.2, 0.25) is 0 Å². The van der Waals surface area contributed by atoms with Crippen LogP contribution in [0.5, 0.6) is 5.75 Å². The predicted molar refractivity (Wildman–Crippen MR) is 130 cm³/mol. The van der Waals surface area contributed by atoms with Crippen molar-refractivity contribution in [1.29, 1.82) is 0 Å². The van der Waals surface area contributed by atoms with Gasteiger partial charge in [0.25, 0.3) is 5.91 Å². The lowest BCUT2D eigenvalue weighted by Gasteiger charge is -2.19. The monoisotopic (exact) mass is 453 g/mol. The summed E-state index contributed by atoms with van der Waals surface area (Å²) in [6.45, 7) is 1.29. The standard InChI is InChI=1S/C28H27N3O3/c32-26(13-11-20-7-3-1-4-8-20)22-12-14-27-23(17-22)19-31(15-16-34-27)28(33)25-18-24(29-30-25)21-9-5-2-6-10-21/h1-10,12,14,17-18,26,32H,11,13,15-16,19H2,(H,29,30). The molecular formula is C28H27N3O3. The van der Waals surface area contributed by atoms with Gasteiger partial charge in [-0.2, -0.15) is 5.10 Å². The van der Waals surface area contributed by atoms with Crippen LogP contribution < -0.4 is 4.74 Å². The first kappa shape index (κ1) is 21.9. The first-order valence-electron chi connectivity index (χ1n) is 11.5. The van der Waals surface area contributed by atoms with Gasteiger partial charge in [-0.1, -0.05) is 66.7 Å². The summed E-state index contributed by atoms with van der Waals surface area (Å²) in [5.74, 6) is 0.630. The van der Waals surface area contributed by atoms with E-state index in [4.69, 9.17) is 4.74 Å². The van der Waals surface area contributed by atoms with Crippen molar-refractivity contribution in [1.82, 2.24) is 15.1 Å². The van der Waals surface area contributed by atoms with Crippen LogP contribution in [0.25, 0.3) is 11.3 Å². The number of benzene rings is 3. The first-order valence-corrected chi connectivity index (χ1v) is 11.5. The van der Waals surface area contributed by atoms with Crippen molar-refractivity contribution < 1.29 is 14.6 Å². The number of carbonyl (C=O) groups excluding carboxylic acids is 1. The number of aliphatic hydroxyl groups excluding tert-OH is 1. The van der Waals surface area contributed by atoms with Crippen molar-refractivity contribution in [3.05, 3.63) is 107 Å². The minimum atomic E-state index is -0.584. The molecule has 6 nitrogen and oxygen atoms in total. The minimum Gasteiger partial charge on any atom is -0.491 e. The average Bonchev–Trinajstić information content (AvgIpc) is 3.28. The molecule has 2 N–H and O–H groups in total. The highest BCUT2D eigenvalue weighted by Gasteiger charge is 2.24. The number of nitrogens with one attached hydrogen (secondary N) is 1. The van der Waals surface area contributed by atoms with Crippen LogP contribution in [0.2, 0.25) is 0 Å². The molecule has 0 spiro atoms. The summed E-state index contributed by atoms with van der Waals surface area (Å²) in [5, 5.41) is 18.0. The van der Waals surface area contributed by atoms with E-state index in [1.807, 2.05) is 66.7 Å². The molecule has 1 aromatic heterocycles. The third-order valence-electron chi connectivity index (χ3n) is 6.16. The van der Waals surface area contributed by atoms with Crippen molar-refractivity contribution in [3.8, 4) is 17.0 Å². The fraction of sp³-hybridized carbons (Fsp3) is 0.214. The zero-order valence-corrected chi connectivity index (χ0v) is 18.9. The van der Waals surface area contributed by atoms with E-state index in [0.29, 0.717) is 31.8 Å². The molecule has 4 aromatic rings. The SMILES string of the molecule is O=C(c1cc(-c2ccccc2)n[nH]1)N1CCOc2ccc(C(O)CCc3ccccc3)cc2C1. The van der Waals surface area contributed by atoms with E-state index in [9.17, 15) is 9.90 Å². The molecule has 0 radical (unpaired) electrons. The highest BCUT2D eigenvalue weighted by Crippen LogP contribution is 2.29. The molecule has 1 atom stereocenters. The van der Waals surface area contributed by atoms with Crippen LogP contribution in [0.3, 0.4) is 0 Å². The van der Waals surface area contributed by atoms with E-state index in [0.717, 1.165) is 34.6 Å². The highest BCUT2D eigenvalue weighted by atomic mass is 16.5. The third kappa shape index (κ3) is 4.87. The fourth-order valence-corrected chi connectivity index (χ4v) is 4.27. The normalized spacial score (nSPS) is 14.1. The molecule has 172 valence electrons. The maximum atomic E-state index is 13.2. The van der Waals surface area contributed by atoms with Gasteiger partial charge < -0.3 is 14.7 Å². The Hall–Kier alpha value is -3.90. The van der Waals surface area contributed by atoms with Gasteiger partial charge in [-0.05, 0) is 42.2 Å². The highest BCUT2D eigenvalue weighted by molar-refractivity contribution is 5.93. The van der Waals surface area contributed by atoms with Crippen molar-refractivity contribution in [2.45, 2.75) is 25.5 Å². The quantitative estimate of drug-likeness (QED) is 0.441. The Bertz CT molecular complexity index is 1250. The van der Waals surface area contributed by atoms with Gasteiger partial charge in [0.15, 0.2) is 0 Å². The second-order valence-electron chi connectivity index (χ2n) is 8.52. The number of fused-ring (bicyclic) bond motifs is 1. The molecule has 0 fully saturated rings. The van der Waals surface area contributed by atoms with E-state index >= 15 is 0 Å². The van der Waals surface area contributed by atoms with E-state index < -0.39 is 6.10 Å². The van der Waals surface area contributed by atoms with E-state index in [2.05, 4.69) is 22.3 Å². The summed E-state index contributed by atoms with van der Waals surface area (Å²) >= 11 is 0. The predicted octanol–water partition coefficient (Wildman–Crippen LogP) is 4.78. The Morgan fingerprint density at radius 1 is 1.03 bits per heavy atom. The van der Waals surface area contributed by atoms with Crippen molar-refractivity contribution in [2.75, 3.05) is 13.2 Å². The molecule has 1 aliphatic rings. The molecule has 1 unspecified atom stereocenters. The molecular weight excluding hydrogens is 426 g/mol. The lowest BCUT2D eigenvalue weighted by atomic mass is 9.99. The van der Waals surface area contributed by atoms with Gasteiger partial charge in [0.1, 0.15) is 18.1 Å². The largest absolute Gasteiger partial charge is 0.491 e. The van der Waals surface area contributed by atoms with Gasteiger partial charge >= 0.3 is 0 Å². The topological polar surface area (TPSA) is 78.5 Å². The van der Waals surface area contributed by atoms with Crippen LogP contribution in [0, 0.1) is 0 Å². The Morgan fingerprint density at radius 2 is 1.79 bits per heavy atom. The van der Waals surface area contributed by atoms with Gasteiger partial charge in [0, 0.05) is 17.7 Å². The Kier molecular flexibility index (Phi) is 6.40. The van der Waals surface area contributed by atoms with Gasteiger partial charge in [0.05, 0.1) is 18.3 Å². The van der Waals surface area contributed by atoms with Crippen molar-refractivity contribution >= 4 is 5.91 Å². The molecule has 5 rings (SSSR count). The van der Waals surface area contributed by atoms with Crippen LogP contribution in [0.15, 0.2) is 84.9 Å². The number of ether oxygens (including phenoxy) is 1. The molecule has 3 aromatic carbocycles. The average molecular weight is 454 g/mol. The maximum absolute atomic E-state index is 13.2. The van der Waals surface area contributed by atoms with Crippen LogP contribution in [0.4, 0.5) is 0 Å². The second kappa shape index (κ2) is 9.93. The number of aromatic nitrogens is 2. The zero-order chi connectivity index (χ0) is 23.3. The van der Waals surface area contributed by atoms with Crippen molar-refractivity contribution in [3.63, 3.8) is 0 Å². The molecule has 0 saturated heterocycles. The number of hydrogen-bond acceptors (Lipinski definition) is 4. The second-order valence-corrected chi connectivity index (χ2v) is 8.52. The lowest BCUT2D eigenvalue weighted by molar-refractivity contribution is 0.0727. The number of aromatic amines is 1. The summed E-state index contributed by atoms with van der Waals surface area (Å²) < 4.78 is 5.90. The molecule has 34 heavy (non-hydrogen) atoms. The molecule has 1 aliphatic heterocycles. The molecule has 0 saturated carbocycles. The summed E-state index contributed by atoms with van der Waals surface area (Å²) in [6.07, 6.45) is 0.839. The van der Waals surface area contributed by atoms with E-state index in [1.54, 1.807) is 11.0 Å². The number of rotatable bonds is 6. The van der Waals surface area contributed by atoms with E-state index in [1.165, 1.54) is 5.56 Å². The van der Waals surface area contributed by atoms with E-state index in [-0.39, 0.29) is 5.91 Å². The summed E-state index contributed by atoms with van der Waals surface area (Å²) in [7, 11) is 0. The summed E-state index contributed by atoms with van der Waals surface area (Å²) in [4.78, 5) is 15.0. The summed E-state index contributed by atoms with van der Waals surface area (Å²) in [5.41, 5.74) is 5.06. The number of carbonyl (C=O) groups is 1. The Labute approximate surface area is 198 Å². The number of nitrogens with zero attached hydrogens (tertiary/aromatic N) is 2. The first-order chi connectivity index (χ1) is 16.7. The number of aliphatic hydroxyl groups is 1. The van der Waals surface area contributed by atoms with Crippen molar-refractivity contribution in [2.24, 2.45) is 0 Å². The van der Waals surface area contributed by atoms with Crippen LogP contribution in [-0.4, -0.2) is 39.3 Å². The smallest absolute Gasteiger partial charge is 0.272 e. The lowest BCUT2D eigenvalue weighted by Crippen LogP contribution is -2.32. The van der Waals surface area contributed by atoms with Crippen LogP contribution in [0.1, 0.15) is 39.7 Å². The zero-order valence-electron chi connectivity index (χ0n) is 18.9. The number of hydrogen-bond donors (Lipinski definition) is 2. The molecule has 0 aliphatic carbocycles. The molecule has 1 amide bonds. The summed E-state index contributed by atoms with van der Waals surface area (Å²) in [6, 6.07) is 27.5. The number of H-pyrrole nitrogens is 1. The van der Waals surface area contributed by atoms with Crippen LogP contribution in [-0.2, 0) is 13.0 Å². The fourth-order valence-electron chi connectivity index (χ4n) is 4.27. The number of amides is 1. The third-order valence-corrected chi connectivity index (χ3v) is 6.16.